The monoisotopic (exact) mass is 239 g/mol. The average molecular weight is 239 g/mol. The van der Waals surface area contributed by atoms with Gasteiger partial charge in [0.1, 0.15) is 11.2 Å². The predicted molar refractivity (Wildman–Crippen MR) is 54.6 cm³/mol. The fourth-order valence-corrected chi connectivity index (χ4v) is 1.96. The maximum Gasteiger partial charge on any atom is 0.244 e. The molecule has 2 aromatic heterocycles. The normalized spacial score (nSPS) is 11.5. The molecule has 0 aliphatic carbocycles. The van der Waals surface area contributed by atoms with Gasteiger partial charge < -0.3 is 0 Å². The van der Waals surface area contributed by atoms with Crippen molar-refractivity contribution in [3.63, 3.8) is 0 Å². The van der Waals surface area contributed by atoms with Crippen LogP contribution in [0.4, 0.5) is 0 Å². The van der Waals surface area contributed by atoms with Gasteiger partial charge in [-0.05, 0) is 6.07 Å². The fourth-order valence-electron chi connectivity index (χ4n) is 1.06. The van der Waals surface area contributed by atoms with Crippen LogP contribution < -0.4 is 4.72 Å². The molecule has 0 fully saturated rings. The fraction of sp³-hybridized carbons (Fsp3) is 0.125. The van der Waals surface area contributed by atoms with Crippen LogP contribution >= 0.6 is 0 Å². The first-order chi connectivity index (χ1) is 7.68. The summed E-state index contributed by atoms with van der Waals surface area (Å²) < 4.78 is 25.7. The summed E-state index contributed by atoms with van der Waals surface area (Å²) in [5, 5.41) is 6.01. The summed E-state index contributed by atoms with van der Waals surface area (Å²) >= 11 is 0. The number of sulfonamides is 1. The first-order valence-corrected chi connectivity index (χ1v) is 5.90. The van der Waals surface area contributed by atoms with Crippen LogP contribution in [0.1, 0.15) is 5.69 Å². The molecule has 2 heterocycles. The van der Waals surface area contributed by atoms with E-state index in [2.05, 4.69) is 24.9 Å². The van der Waals surface area contributed by atoms with Gasteiger partial charge in [-0.3, -0.25) is 5.10 Å². The lowest BCUT2D eigenvalue weighted by Gasteiger charge is -2.03. The van der Waals surface area contributed by atoms with E-state index in [9.17, 15) is 8.42 Å². The Morgan fingerprint density at radius 3 is 2.94 bits per heavy atom. The van der Waals surface area contributed by atoms with Gasteiger partial charge in [-0.2, -0.15) is 5.10 Å². The zero-order valence-electron chi connectivity index (χ0n) is 8.16. The Hall–Kier alpha value is -1.80. The van der Waals surface area contributed by atoms with Crippen LogP contribution in [-0.4, -0.2) is 28.6 Å². The van der Waals surface area contributed by atoms with Crippen molar-refractivity contribution in [2.75, 3.05) is 0 Å². The molecule has 16 heavy (non-hydrogen) atoms. The maximum atomic E-state index is 11.7. The summed E-state index contributed by atoms with van der Waals surface area (Å²) in [4.78, 5) is 7.74. The molecule has 0 aliphatic rings. The first-order valence-electron chi connectivity index (χ1n) is 4.42. The van der Waals surface area contributed by atoms with Crippen molar-refractivity contribution in [2.45, 2.75) is 11.4 Å². The van der Waals surface area contributed by atoms with Crippen LogP contribution in [0.2, 0.25) is 0 Å². The molecule has 2 rings (SSSR count). The van der Waals surface area contributed by atoms with Crippen LogP contribution in [0.5, 0.6) is 0 Å². The Bertz CT molecular complexity index is 537. The number of hydrogen-bond donors (Lipinski definition) is 2. The minimum Gasteiger partial charge on any atom is -0.284 e. The van der Waals surface area contributed by atoms with Crippen molar-refractivity contribution >= 4 is 10.0 Å². The molecule has 0 aromatic carbocycles. The summed E-state index contributed by atoms with van der Waals surface area (Å²) in [5.74, 6) is 0. The van der Waals surface area contributed by atoms with Crippen LogP contribution in [0.15, 0.2) is 35.9 Å². The molecule has 7 nitrogen and oxygen atoms in total. The second kappa shape index (κ2) is 4.37. The van der Waals surface area contributed by atoms with E-state index in [0.717, 1.165) is 0 Å². The standard InChI is InChI=1S/C8H9N5O2S/c14-16(15,8-4-11-12-5-8)13-3-7-1-2-9-6-10-7/h1-2,4-6,13H,3H2,(H,11,12). The van der Waals surface area contributed by atoms with Crippen molar-refractivity contribution in [2.24, 2.45) is 0 Å². The van der Waals surface area contributed by atoms with Crippen LogP contribution in [0.3, 0.4) is 0 Å². The Kier molecular flexibility index (Phi) is 2.93. The lowest BCUT2D eigenvalue weighted by molar-refractivity contribution is 0.580. The number of nitrogens with zero attached hydrogens (tertiary/aromatic N) is 3. The van der Waals surface area contributed by atoms with Crippen molar-refractivity contribution < 1.29 is 8.42 Å². The van der Waals surface area contributed by atoms with Crippen LogP contribution in [0, 0.1) is 0 Å². The molecule has 8 heteroatoms. The van der Waals surface area contributed by atoms with Crippen molar-refractivity contribution in [1.82, 2.24) is 24.9 Å². The summed E-state index contributed by atoms with van der Waals surface area (Å²) in [6.07, 6.45) is 5.46. The Balaban J connectivity index is 2.07. The molecule has 0 radical (unpaired) electrons. The SMILES string of the molecule is O=S(=O)(NCc1ccncn1)c1cn[nH]c1. The molecule has 2 aromatic rings. The molecule has 84 valence electrons. The highest BCUT2D eigenvalue weighted by atomic mass is 32.2. The number of aromatic nitrogens is 4. The van der Waals surface area contributed by atoms with E-state index in [1.54, 1.807) is 12.3 Å². The largest absolute Gasteiger partial charge is 0.284 e. The molecular weight excluding hydrogens is 230 g/mol. The van der Waals surface area contributed by atoms with Gasteiger partial charge >= 0.3 is 0 Å². The minimum absolute atomic E-state index is 0.0987. The summed E-state index contributed by atoms with van der Waals surface area (Å²) in [6, 6.07) is 1.64. The van der Waals surface area contributed by atoms with Crippen LogP contribution in [0.25, 0.3) is 0 Å². The number of nitrogens with one attached hydrogen (secondary N) is 2. The molecule has 0 bridgehead atoms. The van der Waals surface area contributed by atoms with E-state index in [-0.39, 0.29) is 11.4 Å². The smallest absolute Gasteiger partial charge is 0.244 e. The quantitative estimate of drug-likeness (QED) is 0.761. The van der Waals surface area contributed by atoms with E-state index >= 15 is 0 Å². The number of H-pyrrole nitrogens is 1. The number of aromatic amines is 1. The molecule has 0 amide bonds. The third kappa shape index (κ3) is 2.41. The first kappa shape index (κ1) is 10.7. The molecule has 0 unspecified atom stereocenters. The highest BCUT2D eigenvalue weighted by Gasteiger charge is 2.14. The van der Waals surface area contributed by atoms with Crippen molar-refractivity contribution in [1.29, 1.82) is 0 Å². The third-order valence-corrected chi connectivity index (χ3v) is 3.24. The molecular formula is C8H9N5O2S. The van der Waals surface area contributed by atoms with E-state index in [1.807, 2.05) is 0 Å². The van der Waals surface area contributed by atoms with E-state index < -0.39 is 10.0 Å². The number of rotatable bonds is 4. The zero-order chi connectivity index (χ0) is 11.4. The summed E-state index contributed by atoms with van der Waals surface area (Å²) in [7, 11) is -3.52. The van der Waals surface area contributed by atoms with Gasteiger partial charge in [-0.1, -0.05) is 0 Å². The van der Waals surface area contributed by atoms with E-state index in [0.29, 0.717) is 5.69 Å². The lowest BCUT2D eigenvalue weighted by atomic mass is 10.4. The highest BCUT2D eigenvalue weighted by Crippen LogP contribution is 2.04. The van der Waals surface area contributed by atoms with Crippen molar-refractivity contribution in [3.8, 4) is 0 Å². The van der Waals surface area contributed by atoms with Gasteiger partial charge in [0, 0.05) is 12.4 Å². The lowest BCUT2D eigenvalue weighted by Crippen LogP contribution is -2.23. The summed E-state index contributed by atoms with van der Waals surface area (Å²) in [5.41, 5.74) is 0.599. The van der Waals surface area contributed by atoms with Gasteiger partial charge in [0.15, 0.2) is 0 Å². The molecule has 0 atom stereocenters. The van der Waals surface area contributed by atoms with Gasteiger partial charge in [-0.15, -0.1) is 0 Å². The minimum atomic E-state index is -3.52. The van der Waals surface area contributed by atoms with E-state index in [1.165, 1.54) is 18.7 Å². The molecule has 0 aliphatic heterocycles. The molecule has 0 saturated heterocycles. The third-order valence-electron chi connectivity index (χ3n) is 1.87. The second-order valence-electron chi connectivity index (χ2n) is 2.96. The molecule has 0 saturated carbocycles. The van der Waals surface area contributed by atoms with Gasteiger partial charge in [0.2, 0.25) is 10.0 Å². The predicted octanol–water partition coefficient (Wildman–Crippen LogP) is -0.322. The summed E-state index contributed by atoms with van der Waals surface area (Å²) in [6.45, 7) is 0.121. The Morgan fingerprint density at radius 1 is 1.44 bits per heavy atom. The second-order valence-corrected chi connectivity index (χ2v) is 4.73. The van der Waals surface area contributed by atoms with Gasteiger partial charge in [-0.25, -0.2) is 23.1 Å². The molecule has 0 spiro atoms. The van der Waals surface area contributed by atoms with E-state index in [4.69, 9.17) is 0 Å². The zero-order valence-corrected chi connectivity index (χ0v) is 8.98. The Morgan fingerprint density at radius 2 is 2.31 bits per heavy atom. The van der Waals surface area contributed by atoms with Crippen LogP contribution in [-0.2, 0) is 16.6 Å². The topological polar surface area (TPSA) is 101 Å². The maximum absolute atomic E-state index is 11.7. The highest BCUT2D eigenvalue weighted by molar-refractivity contribution is 7.89. The number of hydrogen-bond acceptors (Lipinski definition) is 5. The van der Waals surface area contributed by atoms with Crippen molar-refractivity contribution in [3.05, 3.63) is 36.7 Å². The molecule has 2 N–H and O–H groups in total. The van der Waals surface area contributed by atoms with Gasteiger partial charge in [0.25, 0.3) is 0 Å². The average Bonchev–Trinajstić information content (AvgIpc) is 2.82. The Labute approximate surface area is 92.0 Å². The van der Waals surface area contributed by atoms with Gasteiger partial charge in [0.05, 0.1) is 18.4 Å².